The van der Waals surface area contributed by atoms with Gasteiger partial charge >= 0.3 is 5.97 Å². The molecule has 3 nitrogen and oxygen atoms in total. The highest BCUT2D eigenvalue weighted by molar-refractivity contribution is 14.1. The van der Waals surface area contributed by atoms with E-state index in [0.717, 1.165) is 13.2 Å². The highest BCUT2D eigenvalue weighted by atomic mass is 127. The Hall–Kier alpha value is -1.28. The lowest BCUT2D eigenvalue weighted by Crippen LogP contribution is -2.07. The van der Waals surface area contributed by atoms with E-state index < -0.39 is 17.6 Å². The highest BCUT2D eigenvalue weighted by Crippen LogP contribution is 2.28. The minimum atomic E-state index is -0.817. The standard InChI is InChI=1S/C13H7ClF2INO2/c1-20-13(19)12-8(14)5-10(16)11(18-12)7-3-2-6(17)4-9(7)15/h2-5H,1H3. The van der Waals surface area contributed by atoms with E-state index in [9.17, 15) is 13.6 Å². The van der Waals surface area contributed by atoms with E-state index in [4.69, 9.17) is 11.6 Å². The zero-order valence-corrected chi connectivity index (χ0v) is 13.0. The quantitative estimate of drug-likeness (QED) is 0.554. The number of benzene rings is 1. The van der Waals surface area contributed by atoms with E-state index in [2.05, 4.69) is 9.72 Å². The fourth-order valence-electron chi connectivity index (χ4n) is 1.58. The van der Waals surface area contributed by atoms with Crippen LogP contribution in [0.15, 0.2) is 24.3 Å². The zero-order valence-electron chi connectivity index (χ0n) is 10.1. The second-order valence-corrected chi connectivity index (χ2v) is 5.42. The molecule has 2 rings (SSSR count). The Labute approximate surface area is 132 Å². The lowest BCUT2D eigenvalue weighted by atomic mass is 10.1. The molecule has 0 amide bonds. The molecular formula is C13H7ClF2INO2. The number of pyridine rings is 1. The average Bonchev–Trinajstić information content (AvgIpc) is 2.39. The molecule has 0 saturated heterocycles. The maximum Gasteiger partial charge on any atom is 0.358 e. The van der Waals surface area contributed by atoms with Crippen molar-refractivity contribution in [3.05, 3.63) is 50.2 Å². The van der Waals surface area contributed by atoms with Gasteiger partial charge in [-0.05, 0) is 46.9 Å². The zero-order chi connectivity index (χ0) is 14.9. The largest absolute Gasteiger partial charge is 0.464 e. The molecule has 0 aliphatic rings. The molecular weight excluding hydrogens is 403 g/mol. The van der Waals surface area contributed by atoms with Gasteiger partial charge in [0.2, 0.25) is 0 Å². The Bertz CT molecular complexity index is 694. The number of hydrogen-bond acceptors (Lipinski definition) is 3. The van der Waals surface area contributed by atoms with Gasteiger partial charge in [-0.2, -0.15) is 0 Å². The number of rotatable bonds is 2. The van der Waals surface area contributed by atoms with Crippen molar-refractivity contribution < 1.29 is 18.3 Å². The number of carbonyl (C=O) groups excluding carboxylic acids is 1. The Morgan fingerprint density at radius 2 is 2.00 bits per heavy atom. The fourth-order valence-corrected chi connectivity index (χ4v) is 2.25. The molecule has 0 fully saturated rings. The Balaban J connectivity index is 2.65. The van der Waals surface area contributed by atoms with Gasteiger partial charge in [0.15, 0.2) is 11.5 Å². The molecule has 0 atom stereocenters. The van der Waals surface area contributed by atoms with Gasteiger partial charge < -0.3 is 4.74 Å². The SMILES string of the molecule is COC(=O)c1nc(-c2ccc(I)cc2F)c(F)cc1Cl. The summed E-state index contributed by atoms with van der Waals surface area (Å²) in [5.74, 6) is -2.27. The molecule has 0 spiro atoms. The topological polar surface area (TPSA) is 39.2 Å². The number of ether oxygens (including phenoxy) is 1. The van der Waals surface area contributed by atoms with E-state index in [-0.39, 0.29) is 22.0 Å². The molecule has 1 aromatic carbocycles. The molecule has 0 bridgehead atoms. The van der Waals surface area contributed by atoms with Crippen molar-refractivity contribution in [1.29, 1.82) is 0 Å². The van der Waals surface area contributed by atoms with Gasteiger partial charge in [-0.25, -0.2) is 18.6 Å². The molecule has 0 N–H and O–H groups in total. The van der Waals surface area contributed by atoms with Gasteiger partial charge in [-0.15, -0.1) is 0 Å². The van der Waals surface area contributed by atoms with Crippen molar-refractivity contribution in [2.75, 3.05) is 7.11 Å². The third-order valence-electron chi connectivity index (χ3n) is 2.49. The van der Waals surface area contributed by atoms with Crippen LogP contribution in [-0.4, -0.2) is 18.1 Å². The Morgan fingerprint density at radius 3 is 2.60 bits per heavy atom. The minimum Gasteiger partial charge on any atom is -0.464 e. The van der Waals surface area contributed by atoms with Gasteiger partial charge in [-0.3, -0.25) is 0 Å². The van der Waals surface area contributed by atoms with E-state index in [1.807, 2.05) is 22.6 Å². The summed E-state index contributed by atoms with van der Waals surface area (Å²) in [7, 11) is 1.15. The van der Waals surface area contributed by atoms with Gasteiger partial charge in [0.25, 0.3) is 0 Å². The normalized spacial score (nSPS) is 10.4. The predicted molar refractivity (Wildman–Crippen MR) is 78.7 cm³/mol. The van der Waals surface area contributed by atoms with Crippen molar-refractivity contribution in [1.82, 2.24) is 4.98 Å². The lowest BCUT2D eigenvalue weighted by molar-refractivity contribution is 0.0594. The highest BCUT2D eigenvalue weighted by Gasteiger charge is 2.20. The number of nitrogens with zero attached hydrogens (tertiary/aromatic N) is 1. The second-order valence-electron chi connectivity index (χ2n) is 3.76. The molecule has 20 heavy (non-hydrogen) atoms. The molecule has 0 radical (unpaired) electrons. The van der Waals surface area contributed by atoms with Crippen LogP contribution in [0.25, 0.3) is 11.3 Å². The summed E-state index contributed by atoms with van der Waals surface area (Å²) < 4.78 is 32.9. The van der Waals surface area contributed by atoms with Crippen molar-refractivity contribution in [3.8, 4) is 11.3 Å². The van der Waals surface area contributed by atoms with E-state index >= 15 is 0 Å². The third-order valence-corrected chi connectivity index (χ3v) is 3.45. The Morgan fingerprint density at radius 1 is 1.30 bits per heavy atom. The molecule has 0 aliphatic heterocycles. The summed E-state index contributed by atoms with van der Waals surface area (Å²) in [6.07, 6.45) is 0. The summed E-state index contributed by atoms with van der Waals surface area (Å²) in [5.41, 5.74) is -0.600. The monoisotopic (exact) mass is 409 g/mol. The van der Waals surface area contributed by atoms with Crippen molar-refractivity contribution >= 4 is 40.2 Å². The molecule has 2 aromatic rings. The summed E-state index contributed by atoms with van der Waals surface area (Å²) >= 11 is 7.66. The number of aromatic nitrogens is 1. The second kappa shape index (κ2) is 6.01. The van der Waals surface area contributed by atoms with Crippen molar-refractivity contribution in [2.24, 2.45) is 0 Å². The van der Waals surface area contributed by atoms with E-state index in [1.165, 1.54) is 12.1 Å². The molecule has 0 unspecified atom stereocenters. The smallest absolute Gasteiger partial charge is 0.358 e. The first kappa shape index (κ1) is 15.1. The van der Waals surface area contributed by atoms with Crippen LogP contribution in [0, 0.1) is 15.2 Å². The first-order valence-corrected chi connectivity index (χ1v) is 6.79. The first-order chi connectivity index (χ1) is 9.43. The molecule has 1 heterocycles. The minimum absolute atomic E-state index is 0.0512. The number of halogens is 4. The Kier molecular flexibility index (Phi) is 4.54. The first-order valence-electron chi connectivity index (χ1n) is 5.34. The predicted octanol–water partition coefficient (Wildman–Crippen LogP) is 4.07. The van der Waals surface area contributed by atoms with Gasteiger partial charge in [0.1, 0.15) is 11.5 Å². The fraction of sp³-hybridized carbons (Fsp3) is 0.0769. The van der Waals surface area contributed by atoms with Crippen molar-refractivity contribution in [3.63, 3.8) is 0 Å². The maximum absolute atomic E-state index is 13.9. The van der Waals surface area contributed by atoms with Crippen LogP contribution in [0.3, 0.4) is 0 Å². The number of carbonyl (C=O) groups is 1. The summed E-state index contributed by atoms with van der Waals surface area (Å²) in [4.78, 5) is 15.3. The van der Waals surface area contributed by atoms with Crippen LogP contribution in [0.1, 0.15) is 10.5 Å². The van der Waals surface area contributed by atoms with Crippen LogP contribution in [0.5, 0.6) is 0 Å². The summed E-state index contributed by atoms with van der Waals surface area (Å²) in [6.45, 7) is 0. The van der Waals surface area contributed by atoms with E-state index in [1.54, 1.807) is 6.07 Å². The summed E-state index contributed by atoms with van der Waals surface area (Å²) in [6, 6.07) is 5.14. The number of esters is 1. The van der Waals surface area contributed by atoms with Gasteiger partial charge in [0, 0.05) is 9.13 Å². The molecule has 104 valence electrons. The van der Waals surface area contributed by atoms with Crippen LogP contribution < -0.4 is 0 Å². The van der Waals surface area contributed by atoms with Crippen LogP contribution in [0.4, 0.5) is 8.78 Å². The lowest BCUT2D eigenvalue weighted by Gasteiger charge is -2.08. The molecule has 0 saturated carbocycles. The number of methoxy groups -OCH3 is 1. The van der Waals surface area contributed by atoms with Crippen LogP contribution in [-0.2, 0) is 4.74 Å². The van der Waals surface area contributed by atoms with Gasteiger partial charge in [-0.1, -0.05) is 11.6 Å². The number of hydrogen-bond donors (Lipinski definition) is 0. The van der Waals surface area contributed by atoms with Crippen LogP contribution in [0.2, 0.25) is 5.02 Å². The van der Waals surface area contributed by atoms with Crippen LogP contribution >= 0.6 is 34.2 Å². The third kappa shape index (κ3) is 2.90. The molecule has 7 heteroatoms. The maximum atomic E-state index is 13.9. The molecule has 0 aliphatic carbocycles. The average molecular weight is 410 g/mol. The summed E-state index contributed by atoms with van der Waals surface area (Å²) in [5, 5.41) is -0.191. The molecule has 1 aromatic heterocycles. The van der Waals surface area contributed by atoms with Gasteiger partial charge in [0.05, 0.1) is 12.1 Å². The van der Waals surface area contributed by atoms with E-state index in [0.29, 0.717) is 3.57 Å². The van der Waals surface area contributed by atoms with Crippen molar-refractivity contribution in [2.45, 2.75) is 0 Å².